The van der Waals surface area contributed by atoms with Gasteiger partial charge >= 0.3 is 0 Å². The van der Waals surface area contributed by atoms with Gasteiger partial charge in [-0.25, -0.2) is 4.39 Å². The van der Waals surface area contributed by atoms with E-state index in [1.807, 2.05) is 7.05 Å². The third-order valence-corrected chi connectivity index (χ3v) is 4.51. The molecule has 2 unspecified atom stereocenters. The molecule has 1 saturated carbocycles. The fraction of sp³-hybridized carbons (Fsp3) is 0.611. The third kappa shape index (κ3) is 5.82. The van der Waals surface area contributed by atoms with Crippen LogP contribution in [0.5, 0.6) is 5.75 Å². The van der Waals surface area contributed by atoms with Crippen LogP contribution in [0.1, 0.15) is 32.6 Å². The van der Waals surface area contributed by atoms with Crippen LogP contribution in [0.4, 0.5) is 4.39 Å². The first-order valence-electron chi connectivity index (χ1n) is 8.41. The Balaban J connectivity index is 1.64. The molecule has 128 valence electrons. The van der Waals surface area contributed by atoms with Crippen LogP contribution >= 0.6 is 0 Å². The number of rotatable bonds is 7. The second kappa shape index (κ2) is 8.87. The lowest BCUT2D eigenvalue weighted by Crippen LogP contribution is -2.45. The number of amides is 1. The summed E-state index contributed by atoms with van der Waals surface area (Å²) in [6.45, 7) is 3.43. The monoisotopic (exact) mass is 322 g/mol. The van der Waals surface area contributed by atoms with E-state index in [1.165, 1.54) is 37.8 Å². The van der Waals surface area contributed by atoms with E-state index in [0.717, 1.165) is 0 Å². The molecule has 5 heteroatoms. The van der Waals surface area contributed by atoms with Crippen LogP contribution in [-0.2, 0) is 4.79 Å². The first-order chi connectivity index (χ1) is 11.1. The summed E-state index contributed by atoms with van der Waals surface area (Å²) in [5, 5.41) is 2.85. The first kappa shape index (κ1) is 17.7. The minimum Gasteiger partial charge on any atom is -0.492 e. The van der Waals surface area contributed by atoms with E-state index < -0.39 is 0 Å². The van der Waals surface area contributed by atoms with Gasteiger partial charge in [-0.1, -0.05) is 25.8 Å². The highest BCUT2D eigenvalue weighted by Gasteiger charge is 2.25. The number of hydrogen-bond acceptors (Lipinski definition) is 3. The first-order valence-corrected chi connectivity index (χ1v) is 8.41. The molecular weight excluding hydrogens is 295 g/mol. The quantitative estimate of drug-likeness (QED) is 0.785. The molecule has 1 fully saturated rings. The second-order valence-electron chi connectivity index (χ2n) is 6.40. The smallest absolute Gasteiger partial charge is 0.234 e. The van der Waals surface area contributed by atoms with Gasteiger partial charge in [0.05, 0.1) is 13.1 Å². The van der Waals surface area contributed by atoms with Crippen LogP contribution in [0.3, 0.4) is 0 Å². The molecule has 1 aromatic carbocycles. The van der Waals surface area contributed by atoms with E-state index >= 15 is 0 Å². The SMILES string of the molecule is CC1CCCCC1N(C)CC(=O)NCCOc1cccc(F)c1. The molecule has 1 aromatic rings. The van der Waals surface area contributed by atoms with Gasteiger partial charge in [-0.3, -0.25) is 9.69 Å². The highest BCUT2D eigenvalue weighted by Crippen LogP contribution is 2.27. The highest BCUT2D eigenvalue weighted by atomic mass is 19.1. The van der Waals surface area contributed by atoms with E-state index in [-0.39, 0.29) is 11.7 Å². The van der Waals surface area contributed by atoms with Crippen molar-refractivity contribution in [1.29, 1.82) is 0 Å². The Morgan fingerprint density at radius 1 is 1.39 bits per heavy atom. The number of hydrogen-bond donors (Lipinski definition) is 1. The van der Waals surface area contributed by atoms with Crippen molar-refractivity contribution in [2.45, 2.75) is 38.6 Å². The number of nitrogens with zero attached hydrogens (tertiary/aromatic N) is 1. The standard InChI is InChI=1S/C18H27FN2O2/c1-14-6-3-4-9-17(14)21(2)13-18(22)20-10-11-23-16-8-5-7-15(19)12-16/h5,7-8,12,14,17H,3-4,6,9-11,13H2,1-2H3,(H,20,22). The summed E-state index contributed by atoms with van der Waals surface area (Å²) in [5.41, 5.74) is 0. The van der Waals surface area contributed by atoms with Crippen molar-refractivity contribution in [1.82, 2.24) is 10.2 Å². The van der Waals surface area contributed by atoms with Crippen molar-refractivity contribution < 1.29 is 13.9 Å². The van der Waals surface area contributed by atoms with Crippen molar-refractivity contribution in [2.75, 3.05) is 26.7 Å². The zero-order chi connectivity index (χ0) is 16.7. The predicted octanol–water partition coefficient (Wildman–Crippen LogP) is 2.83. The van der Waals surface area contributed by atoms with E-state index in [4.69, 9.17) is 4.74 Å². The molecule has 2 atom stereocenters. The molecular formula is C18H27FN2O2. The number of ether oxygens (including phenoxy) is 1. The van der Waals surface area contributed by atoms with Crippen LogP contribution in [0.2, 0.25) is 0 Å². The Kier molecular flexibility index (Phi) is 6.84. The molecule has 0 heterocycles. The molecule has 1 N–H and O–H groups in total. The molecule has 1 amide bonds. The summed E-state index contributed by atoms with van der Waals surface area (Å²) in [5.74, 6) is 0.813. The minimum atomic E-state index is -0.324. The topological polar surface area (TPSA) is 41.6 Å². The van der Waals surface area contributed by atoms with E-state index in [0.29, 0.717) is 37.4 Å². The average molecular weight is 322 g/mol. The fourth-order valence-corrected chi connectivity index (χ4v) is 3.27. The number of carbonyl (C=O) groups excluding carboxylic acids is 1. The molecule has 0 aliphatic heterocycles. The number of carbonyl (C=O) groups is 1. The number of likely N-dealkylation sites (N-methyl/N-ethyl adjacent to an activating group) is 1. The van der Waals surface area contributed by atoms with Crippen molar-refractivity contribution >= 4 is 5.91 Å². The Hall–Kier alpha value is -1.62. The lowest BCUT2D eigenvalue weighted by atomic mass is 9.85. The molecule has 1 aliphatic carbocycles. The molecule has 0 bridgehead atoms. The van der Waals surface area contributed by atoms with Gasteiger partial charge in [0.2, 0.25) is 5.91 Å². The molecule has 0 aromatic heterocycles. The molecule has 0 saturated heterocycles. The average Bonchev–Trinajstić information content (AvgIpc) is 2.52. The zero-order valence-corrected chi connectivity index (χ0v) is 14.1. The molecule has 1 aliphatic rings. The fourth-order valence-electron chi connectivity index (χ4n) is 3.27. The Bertz CT molecular complexity index is 510. The Morgan fingerprint density at radius 3 is 2.91 bits per heavy atom. The summed E-state index contributed by atoms with van der Waals surface area (Å²) < 4.78 is 18.4. The van der Waals surface area contributed by atoms with Gasteiger partial charge in [-0.15, -0.1) is 0 Å². The second-order valence-corrected chi connectivity index (χ2v) is 6.40. The van der Waals surface area contributed by atoms with Crippen molar-refractivity contribution in [3.63, 3.8) is 0 Å². The maximum Gasteiger partial charge on any atom is 0.234 e. The van der Waals surface area contributed by atoms with Crippen molar-refractivity contribution in [3.8, 4) is 5.75 Å². The lowest BCUT2D eigenvalue weighted by molar-refractivity contribution is -0.122. The van der Waals surface area contributed by atoms with Crippen LogP contribution in [0, 0.1) is 11.7 Å². The van der Waals surface area contributed by atoms with Gasteiger partial charge in [0.15, 0.2) is 0 Å². The zero-order valence-electron chi connectivity index (χ0n) is 14.1. The summed E-state index contributed by atoms with van der Waals surface area (Å²) in [6.07, 6.45) is 4.98. The molecule has 2 rings (SSSR count). The van der Waals surface area contributed by atoms with Gasteiger partial charge < -0.3 is 10.1 Å². The van der Waals surface area contributed by atoms with Gasteiger partial charge in [-0.2, -0.15) is 0 Å². The summed E-state index contributed by atoms with van der Waals surface area (Å²) in [7, 11) is 2.02. The van der Waals surface area contributed by atoms with E-state index in [2.05, 4.69) is 17.1 Å². The predicted molar refractivity (Wildman–Crippen MR) is 89.0 cm³/mol. The maximum atomic E-state index is 13.0. The van der Waals surface area contributed by atoms with Crippen molar-refractivity contribution in [3.05, 3.63) is 30.1 Å². The Morgan fingerprint density at radius 2 is 2.17 bits per heavy atom. The third-order valence-electron chi connectivity index (χ3n) is 4.51. The van der Waals surface area contributed by atoms with Crippen LogP contribution in [-0.4, -0.2) is 43.6 Å². The minimum absolute atomic E-state index is 0.00751. The summed E-state index contributed by atoms with van der Waals surface area (Å²) in [6, 6.07) is 6.50. The number of benzene rings is 1. The lowest BCUT2D eigenvalue weighted by Gasteiger charge is -2.35. The van der Waals surface area contributed by atoms with Gasteiger partial charge in [0.25, 0.3) is 0 Å². The highest BCUT2D eigenvalue weighted by molar-refractivity contribution is 5.78. The molecule has 0 spiro atoms. The van der Waals surface area contributed by atoms with Crippen LogP contribution in [0.15, 0.2) is 24.3 Å². The number of nitrogens with one attached hydrogen (secondary N) is 1. The molecule has 0 radical (unpaired) electrons. The van der Waals surface area contributed by atoms with Gasteiger partial charge in [-0.05, 0) is 37.9 Å². The largest absolute Gasteiger partial charge is 0.492 e. The Labute approximate surface area is 138 Å². The number of halogens is 1. The van der Waals surface area contributed by atoms with Gasteiger partial charge in [0, 0.05) is 12.1 Å². The van der Waals surface area contributed by atoms with E-state index in [1.54, 1.807) is 12.1 Å². The molecule has 4 nitrogen and oxygen atoms in total. The normalized spacial score (nSPS) is 21.2. The summed E-state index contributed by atoms with van der Waals surface area (Å²) >= 11 is 0. The van der Waals surface area contributed by atoms with Crippen LogP contribution < -0.4 is 10.1 Å². The summed E-state index contributed by atoms with van der Waals surface area (Å²) in [4.78, 5) is 14.2. The van der Waals surface area contributed by atoms with E-state index in [9.17, 15) is 9.18 Å². The van der Waals surface area contributed by atoms with Crippen LogP contribution in [0.25, 0.3) is 0 Å². The molecule has 23 heavy (non-hydrogen) atoms. The van der Waals surface area contributed by atoms with Gasteiger partial charge in [0.1, 0.15) is 18.2 Å². The maximum absolute atomic E-state index is 13.0. The van der Waals surface area contributed by atoms with Crippen molar-refractivity contribution in [2.24, 2.45) is 5.92 Å².